The van der Waals surface area contributed by atoms with Crippen molar-refractivity contribution < 1.29 is 8.42 Å². The lowest BCUT2D eigenvalue weighted by molar-refractivity contribution is 0.360. The minimum atomic E-state index is -3.29. The van der Waals surface area contributed by atoms with Crippen molar-refractivity contribution in [3.63, 3.8) is 0 Å². The van der Waals surface area contributed by atoms with E-state index in [1.165, 1.54) is 6.42 Å². The molecule has 0 aliphatic heterocycles. The van der Waals surface area contributed by atoms with Gasteiger partial charge in [-0.1, -0.05) is 43.0 Å². The fraction of sp³-hybridized carbons (Fsp3) is 0.500. The van der Waals surface area contributed by atoms with Crippen molar-refractivity contribution in [2.24, 2.45) is 5.92 Å². The summed E-state index contributed by atoms with van der Waals surface area (Å²) in [6.07, 6.45) is 7.14. The van der Waals surface area contributed by atoms with Gasteiger partial charge in [-0.2, -0.15) is 0 Å². The van der Waals surface area contributed by atoms with Crippen LogP contribution in [0, 0.1) is 12.8 Å². The molecule has 19 heavy (non-hydrogen) atoms. The molecule has 1 aromatic carbocycles. The fourth-order valence-electron chi connectivity index (χ4n) is 2.92. The van der Waals surface area contributed by atoms with Crippen molar-refractivity contribution >= 4 is 9.84 Å². The van der Waals surface area contributed by atoms with E-state index in [2.05, 4.69) is 6.58 Å². The maximum atomic E-state index is 12.7. The molecule has 2 rings (SSSR count). The lowest BCUT2D eigenvalue weighted by Gasteiger charge is -2.28. The van der Waals surface area contributed by atoms with E-state index in [-0.39, 0.29) is 5.92 Å². The van der Waals surface area contributed by atoms with Crippen molar-refractivity contribution in [3.05, 3.63) is 42.5 Å². The van der Waals surface area contributed by atoms with E-state index in [0.717, 1.165) is 31.2 Å². The third-order valence-corrected chi connectivity index (χ3v) is 6.28. The van der Waals surface area contributed by atoms with Crippen LogP contribution >= 0.6 is 0 Å². The molecule has 0 heterocycles. The normalized spacial score (nSPS) is 19.0. The highest BCUT2D eigenvalue weighted by Gasteiger charge is 2.32. The van der Waals surface area contributed by atoms with E-state index in [4.69, 9.17) is 0 Å². The minimum Gasteiger partial charge on any atom is -0.223 e. The molecule has 0 N–H and O–H groups in total. The van der Waals surface area contributed by atoms with Gasteiger partial charge in [0.15, 0.2) is 9.84 Å². The Balaban J connectivity index is 2.30. The molecular formula is C16H22O2S. The zero-order valence-corrected chi connectivity index (χ0v) is 12.3. The first-order valence-electron chi connectivity index (χ1n) is 6.99. The van der Waals surface area contributed by atoms with Crippen LogP contribution in [-0.4, -0.2) is 13.7 Å². The molecule has 0 saturated heterocycles. The zero-order valence-electron chi connectivity index (χ0n) is 11.5. The molecule has 0 amide bonds. The van der Waals surface area contributed by atoms with Crippen molar-refractivity contribution in [1.82, 2.24) is 0 Å². The molecular weight excluding hydrogens is 256 g/mol. The molecule has 0 aromatic heterocycles. The fourth-order valence-corrected chi connectivity index (χ4v) is 4.78. The third kappa shape index (κ3) is 3.08. The quantitative estimate of drug-likeness (QED) is 0.783. The summed E-state index contributed by atoms with van der Waals surface area (Å²) in [4.78, 5) is 0.425. The number of hydrogen-bond acceptors (Lipinski definition) is 2. The van der Waals surface area contributed by atoms with Crippen LogP contribution < -0.4 is 0 Å². The molecule has 2 nitrogen and oxygen atoms in total. The van der Waals surface area contributed by atoms with Gasteiger partial charge in [0.2, 0.25) is 0 Å². The van der Waals surface area contributed by atoms with Gasteiger partial charge in [0.05, 0.1) is 10.1 Å². The smallest absolute Gasteiger partial charge is 0.185 e. The average Bonchev–Trinajstić information content (AvgIpc) is 2.41. The van der Waals surface area contributed by atoms with Gasteiger partial charge in [0.1, 0.15) is 0 Å². The predicted molar refractivity (Wildman–Crippen MR) is 78.9 cm³/mol. The molecule has 1 unspecified atom stereocenters. The van der Waals surface area contributed by atoms with Gasteiger partial charge >= 0.3 is 0 Å². The molecule has 0 radical (unpaired) electrons. The second-order valence-corrected chi connectivity index (χ2v) is 7.56. The number of aryl methyl sites for hydroxylation is 1. The monoisotopic (exact) mass is 278 g/mol. The summed E-state index contributed by atoms with van der Waals surface area (Å²) >= 11 is 0. The first kappa shape index (κ1) is 14.3. The van der Waals surface area contributed by atoms with Crippen molar-refractivity contribution in [3.8, 4) is 0 Å². The number of sulfone groups is 1. The average molecular weight is 278 g/mol. The molecule has 1 aliphatic carbocycles. The number of rotatable bonds is 4. The van der Waals surface area contributed by atoms with Crippen LogP contribution in [0.5, 0.6) is 0 Å². The van der Waals surface area contributed by atoms with Gasteiger partial charge in [-0.15, -0.1) is 6.58 Å². The van der Waals surface area contributed by atoms with Gasteiger partial charge in [-0.3, -0.25) is 0 Å². The van der Waals surface area contributed by atoms with Crippen LogP contribution in [-0.2, 0) is 9.84 Å². The van der Waals surface area contributed by atoms with Crippen LogP contribution in [0.3, 0.4) is 0 Å². The second kappa shape index (κ2) is 5.91. The van der Waals surface area contributed by atoms with E-state index in [9.17, 15) is 8.42 Å². The van der Waals surface area contributed by atoms with Crippen molar-refractivity contribution in [1.29, 1.82) is 0 Å². The molecule has 0 spiro atoms. The summed E-state index contributed by atoms with van der Waals surface area (Å²) in [6.45, 7) is 5.73. The first-order chi connectivity index (χ1) is 9.05. The Morgan fingerprint density at radius 3 is 2.26 bits per heavy atom. The predicted octanol–water partition coefficient (Wildman–Crippen LogP) is 3.90. The van der Waals surface area contributed by atoms with Crippen molar-refractivity contribution in [2.75, 3.05) is 0 Å². The molecule has 3 heteroatoms. The summed E-state index contributed by atoms with van der Waals surface area (Å²) in [6, 6.07) is 7.13. The topological polar surface area (TPSA) is 34.1 Å². The van der Waals surface area contributed by atoms with E-state index in [1.807, 2.05) is 19.1 Å². The van der Waals surface area contributed by atoms with Crippen LogP contribution in [0.1, 0.15) is 37.7 Å². The Morgan fingerprint density at radius 1 is 1.16 bits per heavy atom. The summed E-state index contributed by atoms with van der Waals surface area (Å²) in [5.74, 6) is 0.234. The van der Waals surface area contributed by atoms with Gasteiger partial charge in [-0.05, 0) is 37.8 Å². The maximum Gasteiger partial charge on any atom is 0.185 e. The summed E-state index contributed by atoms with van der Waals surface area (Å²) in [5.41, 5.74) is 1.08. The molecule has 0 bridgehead atoms. The lowest BCUT2D eigenvalue weighted by atomic mass is 9.87. The maximum absolute atomic E-state index is 12.7. The Labute approximate surface area is 116 Å². The second-order valence-electron chi connectivity index (χ2n) is 5.46. The zero-order chi connectivity index (χ0) is 13.9. The lowest BCUT2D eigenvalue weighted by Crippen LogP contribution is -2.29. The van der Waals surface area contributed by atoms with Gasteiger partial charge in [0, 0.05) is 0 Å². The van der Waals surface area contributed by atoms with Crippen LogP contribution in [0.2, 0.25) is 0 Å². The van der Waals surface area contributed by atoms with Crippen molar-refractivity contribution in [2.45, 2.75) is 49.2 Å². The number of hydrogen-bond donors (Lipinski definition) is 0. The minimum absolute atomic E-state index is 0.234. The Hall–Kier alpha value is -1.09. The Morgan fingerprint density at radius 2 is 1.74 bits per heavy atom. The summed E-state index contributed by atoms with van der Waals surface area (Å²) in [5, 5.41) is -0.435. The summed E-state index contributed by atoms with van der Waals surface area (Å²) < 4.78 is 25.4. The highest BCUT2D eigenvalue weighted by atomic mass is 32.2. The van der Waals surface area contributed by atoms with Gasteiger partial charge < -0.3 is 0 Å². The van der Waals surface area contributed by atoms with Crippen LogP contribution in [0.25, 0.3) is 0 Å². The molecule has 104 valence electrons. The van der Waals surface area contributed by atoms with E-state index < -0.39 is 15.1 Å². The Kier molecular flexibility index (Phi) is 4.46. The SMILES string of the molecule is C=CC(C1CCCCC1)S(=O)(=O)c1ccc(C)cc1. The highest BCUT2D eigenvalue weighted by Crippen LogP contribution is 2.33. The van der Waals surface area contributed by atoms with E-state index >= 15 is 0 Å². The number of benzene rings is 1. The first-order valence-corrected chi connectivity index (χ1v) is 8.53. The van der Waals surface area contributed by atoms with Gasteiger partial charge in [-0.25, -0.2) is 8.42 Å². The standard InChI is InChI=1S/C16H22O2S/c1-3-16(14-7-5-4-6-8-14)19(17,18)15-11-9-13(2)10-12-15/h3,9-12,14,16H,1,4-8H2,2H3. The molecule has 1 aliphatic rings. The largest absolute Gasteiger partial charge is 0.223 e. The molecule has 1 saturated carbocycles. The van der Waals surface area contributed by atoms with Crippen LogP contribution in [0.4, 0.5) is 0 Å². The molecule has 1 aromatic rings. The molecule has 1 fully saturated rings. The van der Waals surface area contributed by atoms with E-state index in [0.29, 0.717) is 4.90 Å². The summed E-state index contributed by atoms with van der Waals surface area (Å²) in [7, 11) is -3.29. The Bertz CT molecular complexity index is 522. The van der Waals surface area contributed by atoms with E-state index in [1.54, 1.807) is 18.2 Å². The molecule has 1 atom stereocenters. The highest BCUT2D eigenvalue weighted by molar-refractivity contribution is 7.92. The van der Waals surface area contributed by atoms with Crippen LogP contribution in [0.15, 0.2) is 41.8 Å². The third-order valence-electron chi connectivity index (χ3n) is 4.05. The van der Waals surface area contributed by atoms with Gasteiger partial charge in [0.25, 0.3) is 0 Å².